The van der Waals surface area contributed by atoms with Crippen LogP contribution in [0.1, 0.15) is 23.8 Å². The minimum absolute atomic E-state index is 0.0275. The Balaban J connectivity index is 1.78. The van der Waals surface area contributed by atoms with Gasteiger partial charge in [-0.1, -0.05) is 6.07 Å². The molecule has 108 valence electrons. The van der Waals surface area contributed by atoms with E-state index in [2.05, 4.69) is 4.90 Å². The second-order valence-electron chi connectivity index (χ2n) is 5.44. The molecule has 0 radical (unpaired) electrons. The molecule has 1 aromatic carbocycles. The highest BCUT2D eigenvalue weighted by molar-refractivity contribution is 6.21. The number of hydrogen-bond acceptors (Lipinski definition) is 3. The Morgan fingerprint density at radius 1 is 1.35 bits per heavy atom. The van der Waals surface area contributed by atoms with Gasteiger partial charge in [0.25, 0.3) is 5.91 Å². The van der Waals surface area contributed by atoms with Gasteiger partial charge in [0.05, 0.1) is 11.1 Å². The van der Waals surface area contributed by atoms with Crippen molar-refractivity contribution in [2.45, 2.75) is 18.2 Å². The number of halogens is 1. The number of carbonyl (C=O) groups is 1. The Labute approximate surface area is 124 Å². The fourth-order valence-electron chi connectivity index (χ4n) is 2.78. The molecule has 20 heavy (non-hydrogen) atoms. The molecule has 5 heteroatoms. The fraction of sp³-hybridized carbons (Fsp3) is 0.533. The van der Waals surface area contributed by atoms with Gasteiger partial charge in [-0.3, -0.25) is 4.79 Å². The van der Waals surface area contributed by atoms with E-state index in [1.54, 1.807) is 11.9 Å². The molecule has 0 saturated carbocycles. The third-order valence-electron chi connectivity index (χ3n) is 4.05. The lowest BCUT2D eigenvalue weighted by molar-refractivity contribution is -0.120. The SMILES string of the molecule is CN1C(=O)COc2ccc(C(Cl)CN3CCCC3)cc21. The van der Waals surface area contributed by atoms with Crippen LogP contribution in [0.2, 0.25) is 0 Å². The van der Waals surface area contributed by atoms with Crippen molar-refractivity contribution in [2.24, 2.45) is 0 Å². The predicted octanol–water partition coefficient (Wildman–Crippen LogP) is 2.42. The van der Waals surface area contributed by atoms with Crippen molar-refractivity contribution in [3.05, 3.63) is 23.8 Å². The summed E-state index contributed by atoms with van der Waals surface area (Å²) in [6.07, 6.45) is 2.53. The molecule has 2 aliphatic rings. The third kappa shape index (κ3) is 2.63. The number of hydrogen-bond donors (Lipinski definition) is 0. The lowest BCUT2D eigenvalue weighted by Gasteiger charge is -2.27. The minimum Gasteiger partial charge on any atom is -0.482 e. The van der Waals surface area contributed by atoms with Gasteiger partial charge in [0.15, 0.2) is 6.61 Å². The van der Waals surface area contributed by atoms with Crippen molar-refractivity contribution >= 4 is 23.2 Å². The van der Waals surface area contributed by atoms with E-state index in [9.17, 15) is 4.79 Å². The molecule has 1 unspecified atom stereocenters. The van der Waals surface area contributed by atoms with Crippen LogP contribution >= 0.6 is 11.6 Å². The Kier molecular flexibility index (Phi) is 3.85. The average Bonchev–Trinajstić information content (AvgIpc) is 2.95. The predicted molar refractivity (Wildman–Crippen MR) is 79.6 cm³/mol. The fourth-order valence-corrected chi connectivity index (χ4v) is 3.11. The van der Waals surface area contributed by atoms with E-state index in [1.807, 2.05) is 18.2 Å². The average molecular weight is 295 g/mol. The van der Waals surface area contributed by atoms with Crippen LogP contribution in [0.25, 0.3) is 0 Å². The maximum absolute atomic E-state index is 11.7. The number of amides is 1. The first kappa shape index (κ1) is 13.7. The molecule has 2 aliphatic heterocycles. The molecule has 1 saturated heterocycles. The van der Waals surface area contributed by atoms with E-state index in [4.69, 9.17) is 16.3 Å². The first-order valence-corrected chi connectivity index (χ1v) is 7.48. The van der Waals surface area contributed by atoms with Gasteiger partial charge in [-0.25, -0.2) is 0 Å². The number of fused-ring (bicyclic) bond motifs is 1. The highest BCUT2D eigenvalue weighted by Crippen LogP contribution is 2.35. The molecular formula is C15H19ClN2O2. The molecule has 1 amide bonds. The summed E-state index contributed by atoms with van der Waals surface area (Å²) in [6.45, 7) is 3.24. The quantitative estimate of drug-likeness (QED) is 0.803. The number of likely N-dealkylation sites (tertiary alicyclic amines) is 1. The molecule has 4 nitrogen and oxygen atoms in total. The molecule has 0 aromatic heterocycles. The van der Waals surface area contributed by atoms with Gasteiger partial charge < -0.3 is 14.5 Å². The van der Waals surface area contributed by atoms with Crippen LogP contribution in [0.5, 0.6) is 5.75 Å². The zero-order valence-corrected chi connectivity index (χ0v) is 12.4. The van der Waals surface area contributed by atoms with Gasteiger partial charge in [0.2, 0.25) is 0 Å². The Morgan fingerprint density at radius 2 is 2.10 bits per heavy atom. The largest absolute Gasteiger partial charge is 0.482 e. The summed E-state index contributed by atoms with van der Waals surface area (Å²) in [6, 6.07) is 5.88. The zero-order chi connectivity index (χ0) is 14.1. The van der Waals surface area contributed by atoms with E-state index in [0.717, 1.165) is 36.6 Å². The van der Waals surface area contributed by atoms with Gasteiger partial charge in [0, 0.05) is 13.6 Å². The second kappa shape index (κ2) is 5.62. The lowest BCUT2D eigenvalue weighted by atomic mass is 10.1. The molecule has 1 atom stereocenters. The molecular weight excluding hydrogens is 276 g/mol. The molecule has 0 aliphatic carbocycles. The van der Waals surface area contributed by atoms with E-state index < -0.39 is 0 Å². The number of benzene rings is 1. The van der Waals surface area contributed by atoms with Crippen molar-refractivity contribution in [3.63, 3.8) is 0 Å². The molecule has 1 aromatic rings. The Hall–Kier alpha value is -1.26. The highest BCUT2D eigenvalue weighted by atomic mass is 35.5. The molecule has 2 heterocycles. The van der Waals surface area contributed by atoms with Crippen LogP contribution < -0.4 is 9.64 Å². The summed E-state index contributed by atoms with van der Waals surface area (Å²) in [7, 11) is 1.77. The Morgan fingerprint density at radius 3 is 2.85 bits per heavy atom. The third-order valence-corrected chi connectivity index (χ3v) is 4.44. The molecule has 0 bridgehead atoms. The van der Waals surface area contributed by atoms with Gasteiger partial charge in [0.1, 0.15) is 5.75 Å². The highest BCUT2D eigenvalue weighted by Gasteiger charge is 2.24. The van der Waals surface area contributed by atoms with Crippen molar-refractivity contribution in [1.29, 1.82) is 0 Å². The zero-order valence-electron chi connectivity index (χ0n) is 11.6. The van der Waals surface area contributed by atoms with Gasteiger partial charge in [-0.2, -0.15) is 0 Å². The van der Waals surface area contributed by atoms with E-state index in [-0.39, 0.29) is 17.9 Å². The van der Waals surface area contributed by atoms with Crippen LogP contribution in [-0.2, 0) is 4.79 Å². The number of ether oxygens (including phenoxy) is 1. The van der Waals surface area contributed by atoms with Gasteiger partial charge >= 0.3 is 0 Å². The van der Waals surface area contributed by atoms with Crippen molar-refractivity contribution in [3.8, 4) is 5.75 Å². The van der Waals surface area contributed by atoms with Crippen molar-refractivity contribution < 1.29 is 9.53 Å². The maximum Gasteiger partial charge on any atom is 0.264 e. The topological polar surface area (TPSA) is 32.8 Å². The van der Waals surface area contributed by atoms with E-state index >= 15 is 0 Å². The summed E-state index contributed by atoms with van der Waals surface area (Å²) in [5.74, 6) is 0.723. The summed E-state index contributed by atoms with van der Waals surface area (Å²) >= 11 is 6.53. The van der Waals surface area contributed by atoms with Crippen molar-refractivity contribution in [1.82, 2.24) is 4.90 Å². The molecule has 1 fully saturated rings. The number of carbonyl (C=O) groups excluding carboxylic acids is 1. The number of anilines is 1. The molecule has 0 spiro atoms. The van der Waals surface area contributed by atoms with Gasteiger partial charge in [-0.15, -0.1) is 11.6 Å². The monoisotopic (exact) mass is 294 g/mol. The second-order valence-corrected chi connectivity index (χ2v) is 5.97. The summed E-state index contributed by atoms with van der Waals surface area (Å²) in [5, 5.41) is -0.0520. The number of alkyl halides is 1. The molecule has 3 rings (SSSR count). The first-order chi connectivity index (χ1) is 9.65. The normalized spacial score (nSPS) is 20.7. The van der Waals surface area contributed by atoms with Crippen LogP contribution in [0, 0.1) is 0 Å². The Bertz CT molecular complexity index is 515. The minimum atomic E-state index is -0.0520. The first-order valence-electron chi connectivity index (χ1n) is 7.05. The summed E-state index contributed by atoms with van der Waals surface area (Å²) < 4.78 is 5.43. The van der Waals surface area contributed by atoms with E-state index in [1.165, 1.54) is 12.8 Å². The van der Waals surface area contributed by atoms with Crippen LogP contribution in [0.3, 0.4) is 0 Å². The summed E-state index contributed by atoms with van der Waals surface area (Å²) in [4.78, 5) is 15.7. The number of nitrogens with zero attached hydrogens (tertiary/aromatic N) is 2. The maximum atomic E-state index is 11.7. The molecule has 0 N–H and O–H groups in total. The lowest BCUT2D eigenvalue weighted by Crippen LogP contribution is -2.35. The standard InChI is InChI=1S/C15H19ClN2O2/c1-17-13-8-11(4-5-14(13)20-10-15(17)19)12(16)9-18-6-2-3-7-18/h4-5,8,12H,2-3,6-7,9-10H2,1H3. The van der Waals surface area contributed by atoms with Gasteiger partial charge in [-0.05, 0) is 43.6 Å². The van der Waals surface area contributed by atoms with Crippen LogP contribution in [-0.4, -0.2) is 44.1 Å². The number of rotatable bonds is 3. The van der Waals surface area contributed by atoms with E-state index in [0.29, 0.717) is 0 Å². The van der Waals surface area contributed by atoms with Crippen LogP contribution in [0.4, 0.5) is 5.69 Å². The summed E-state index contributed by atoms with van der Waals surface area (Å²) in [5.41, 5.74) is 1.85. The number of likely N-dealkylation sites (N-methyl/N-ethyl adjacent to an activating group) is 1. The van der Waals surface area contributed by atoms with Crippen LogP contribution in [0.15, 0.2) is 18.2 Å². The smallest absolute Gasteiger partial charge is 0.264 e. The van der Waals surface area contributed by atoms with Crippen molar-refractivity contribution in [2.75, 3.05) is 38.2 Å².